The predicted molar refractivity (Wildman–Crippen MR) is 133 cm³/mol. The third-order valence-corrected chi connectivity index (χ3v) is 6.04. The summed E-state index contributed by atoms with van der Waals surface area (Å²) in [4.78, 5) is 33.0. The number of nitrogens with zero attached hydrogens (tertiary/aromatic N) is 3. The van der Waals surface area contributed by atoms with E-state index in [1.807, 2.05) is 26.0 Å². The molecule has 5 N–H and O–H groups in total. The molecule has 1 aliphatic rings. The molecule has 0 unspecified atom stereocenters. The first-order valence-corrected chi connectivity index (χ1v) is 11.8. The van der Waals surface area contributed by atoms with Crippen molar-refractivity contribution in [3.63, 3.8) is 0 Å². The molecule has 1 aromatic carbocycles. The molecule has 0 bridgehead atoms. The van der Waals surface area contributed by atoms with Crippen molar-refractivity contribution >= 4 is 24.2 Å². The summed E-state index contributed by atoms with van der Waals surface area (Å²) in [6.45, 7) is 4.19. The molecule has 1 saturated heterocycles. The van der Waals surface area contributed by atoms with Gasteiger partial charge < -0.3 is 29.6 Å². The van der Waals surface area contributed by atoms with Crippen molar-refractivity contribution in [1.82, 2.24) is 15.2 Å². The van der Waals surface area contributed by atoms with Gasteiger partial charge in [-0.2, -0.15) is 5.26 Å². The third kappa shape index (κ3) is 6.03. The van der Waals surface area contributed by atoms with Crippen molar-refractivity contribution in [3.8, 4) is 6.07 Å². The van der Waals surface area contributed by atoms with Crippen molar-refractivity contribution in [2.24, 2.45) is 4.99 Å². The number of H-pyrrole nitrogens is 1. The lowest BCUT2D eigenvalue weighted by Crippen LogP contribution is -2.43. The first-order chi connectivity index (χ1) is 17.8. The van der Waals surface area contributed by atoms with E-state index in [-0.39, 0.29) is 30.3 Å². The van der Waals surface area contributed by atoms with E-state index in [0.29, 0.717) is 13.1 Å². The Kier molecular flexibility index (Phi) is 9.13. The van der Waals surface area contributed by atoms with E-state index in [9.17, 15) is 25.1 Å². The lowest BCUT2D eigenvalue weighted by atomic mass is 9.93. The highest BCUT2D eigenvalue weighted by molar-refractivity contribution is 6.08. The number of aliphatic hydroxyl groups excluding tert-OH is 2. The summed E-state index contributed by atoms with van der Waals surface area (Å²) in [5.41, 5.74) is -0.922. The summed E-state index contributed by atoms with van der Waals surface area (Å²) in [6.07, 6.45) is -3.59. The molecule has 0 aliphatic carbocycles. The summed E-state index contributed by atoms with van der Waals surface area (Å²) in [6, 6.07) is 13.4. The lowest BCUT2D eigenvalue weighted by Gasteiger charge is -2.23. The Balaban J connectivity index is 1.75. The Labute approximate surface area is 214 Å². The minimum atomic E-state index is -2.01. The van der Waals surface area contributed by atoms with E-state index < -0.39 is 35.9 Å². The fourth-order valence-electron chi connectivity index (χ4n) is 3.99. The number of amidine groups is 1. The quantitative estimate of drug-likeness (QED) is 0.190. The van der Waals surface area contributed by atoms with Crippen molar-refractivity contribution in [2.75, 3.05) is 19.7 Å². The Hall–Kier alpha value is -4.05. The van der Waals surface area contributed by atoms with E-state index in [1.165, 1.54) is 17.0 Å². The minimum absolute atomic E-state index is 0.0178. The van der Waals surface area contributed by atoms with E-state index in [1.54, 1.807) is 24.3 Å². The molecular weight excluding hydrogens is 480 g/mol. The number of ether oxygens (including phenoxy) is 2. The smallest absolute Gasteiger partial charge is 0.323 e. The van der Waals surface area contributed by atoms with Gasteiger partial charge in [0, 0.05) is 13.1 Å². The van der Waals surface area contributed by atoms with Crippen LogP contribution in [-0.2, 0) is 26.3 Å². The second-order valence-corrected chi connectivity index (χ2v) is 8.28. The molecule has 1 aliphatic heterocycles. The number of carbonyl (C=O) groups excluding carboxylic acids is 2. The maximum absolute atomic E-state index is 12.5. The average molecular weight is 511 g/mol. The Morgan fingerprint density at radius 2 is 1.97 bits per heavy atom. The number of rotatable bonds is 9. The van der Waals surface area contributed by atoms with E-state index in [4.69, 9.17) is 14.9 Å². The average Bonchev–Trinajstić information content (AvgIpc) is 3.48. The monoisotopic (exact) mass is 510 g/mol. The molecule has 0 saturated carbocycles. The largest absolute Gasteiger partial charge is 0.463 e. The Morgan fingerprint density at radius 3 is 2.59 bits per heavy atom. The van der Waals surface area contributed by atoms with Gasteiger partial charge in [0.1, 0.15) is 37.3 Å². The van der Waals surface area contributed by atoms with E-state index in [2.05, 4.69) is 15.3 Å². The number of urea groups is 1. The molecule has 12 heteroatoms. The number of nitrogens with one attached hydrogen (secondary N) is 3. The molecule has 4 atom stereocenters. The maximum Gasteiger partial charge on any atom is 0.323 e. The highest BCUT2D eigenvalue weighted by atomic mass is 16.6. The number of hydrogen-bond donors (Lipinski definition) is 5. The van der Waals surface area contributed by atoms with E-state index >= 15 is 0 Å². The van der Waals surface area contributed by atoms with Gasteiger partial charge in [-0.15, -0.1) is 0 Å². The van der Waals surface area contributed by atoms with Crippen LogP contribution in [0.2, 0.25) is 0 Å². The van der Waals surface area contributed by atoms with Crippen LogP contribution in [0.15, 0.2) is 47.5 Å². The van der Waals surface area contributed by atoms with Crippen LogP contribution in [0.25, 0.3) is 0 Å². The summed E-state index contributed by atoms with van der Waals surface area (Å²) >= 11 is 0. The maximum atomic E-state index is 12.5. The molecule has 12 nitrogen and oxygen atoms in total. The lowest BCUT2D eigenvalue weighted by molar-refractivity contribution is -0.149. The molecule has 2 amide bonds. The van der Waals surface area contributed by atoms with Crippen molar-refractivity contribution in [3.05, 3.63) is 59.4 Å². The van der Waals surface area contributed by atoms with Crippen molar-refractivity contribution in [1.29, 1.82) is 10.7 Å². The van der Waals surface area contributed by atoms with Crippen LogP contribution in [0.4, 0.5) is 4.79 Å². The molecule has 0 spiro atoms. The summed E-state index contributed by atoms with van der Waals surface area (Å²) < 4.78 is 11.0. The van der Waals surface area contributed by atoms with Crippen LogP contribution in [0.3, 0.4) is 0 Å². The van der Waals surface area contributed by atoms with Gasteiger partial charge in [-0.25, -0.2) is 9.79 Å². The van der Waals surface area contributed by atoms with Gasteiger partial charge in [0.05, 0.1) is 17.8 Å². The molecule has 2 aromatic rings. The summed E-state index contributed by atoms with van der Waals surface area (Å²) in [7, 11) is 0. The number of esters is 1. The SMILES string of the molecule is CCN(CC)C(=O)NC(=NC=N)c1ccc([C@]2(C#N)O[C@H](COC(=O)Cc3ccccc3)[C@@H](O)[C@H]2O)[nH]1. The molecule has 1 fully saturated rings. The number of aliphatic hydroxyl groups is 2. The van der Waals surface area contributed by atoms with Gasteiger partial charge in [-0.05, 0) is 31.5 Å². The normalized spacial score (nSPS) is 23.2. The zero-order valence-electron chi connectivity index (χ0n) is 20.5. The number of benzene rings is 1. The second kappa shape index (κ2) is 12.3. The molecule has 1 aromatic heterocycles. The Morgan fingerprint density at radius 1 is 1.27 bits per heavy atom. The number of aromatic amines is 1. The standard InChI is InChI=1S/C25H30N6O6/c1-3-31(4-2)24(35)30-23(28-15-27)17-10-11-19(29-17)25(14-26)22(34)21(33)18(37-25)13-36-20(32)12-16-8-6-5-7-9-16/h5-11,15,18,21-22,29,33-34H,3-4,12-13H2,1-2H3,(H2,27,28,30,35)/t18-,21-,22-,25+/m1/s1. The zero-order chi connectivity index (χ0) is 27.0. The van der Waals surface area contributed by atoms with Crippen LogP contribution in [0.5, 0.6) is 0 Å². The molecule has 0 radical (unpaired) electrons. The van der Waals surface area contributed by atoms with Crippen LogP contribution >= 0.6 is 0 Å². The summed E-state index contributed by atoms with van der Waals surface area (Å²) in [5.74, 6) is -0.532. The predicted octanol–water partition coefficient (Wildman–Crippen LogP) is 1.05. The van der Waals surface area contributed by atoms with Gasteiger partial charge in [0.25, 0.3) is 0 Å². The Bertz CT molecular complexity index is 1170. The number of aromatic nitrogens is 1. The van der Waals surface area contributed by atoms with Crippen molar-refractivity contribution in [2.45, 2.75) is 44.2 Å². The van der Waals surface area contributed by atoms with Gasteiger partial charge in [0.2, 0.25) is 5.60 Å². The fraction of sp³-hybridized carbons (Fsp3) is 0.400. The summed E-state index contributed by atoms with van der Waals surface area (Å²) in [5, 5.41) is 41.2. The molecule has 3 rings (SSSR count). The number of carbonyl (C=O) groups is 2. The second-order valence-electron chi connectivity index (χ2n) is 8.28. The molecule has 196 valence electrons. The number of aliphatic imine (C=N–C) groups is 1. The highest BCUT2D eigenvalue weighted by Crippen LogP contribution is 2.39. The number of nitriles is 1. The van der Waals surface area contributed by atoms with Gasteiger partial charge in [-0.1, -0.05) is 30.3 Å². The van der Waals surface area contributed by atoms with Gasteiger partial charge >= 0.3 is 12.0 Å². The number of hydrogen-bond acceptors (Lipinski definition) is 8. The van der Waals surface area contributed by atoms with Gasteiger partial charge in [0.15, 0.2) is 5.84 Å². The minimum Gasteiger partial charge on any atom is -0.463 e. The molecule has 37 heavy (non-hydrogen) atoms. The topological polar surface area (TPSA) is 184 Å². The van der Waals surface area contributed by atoms with E-state index in [0.717, 1.165) is 11.9 Å². The fourth-order valence-corrected chi connectivity index (χ4v) is 3.99. The van der Waals surface area contributed by atoms with Gasteiger partial charge in [-0.3, -0.25) is 15.5 Å². The molecule has 2 heterocycles. The van der Waals surface area contributed by atoms with Crippen LogP contribution in [-0.4, -0.2) is 82.3 Å². The van der Waals surface area contributed by atoms with Crippen molar-refractivity contribution < 1.29 is 29.3 Å². The highest BCUT2D eigenvalue weighted by Gasteiger charge is 2.57. The first kappa shape index (κ1) is 27.5. The van der Waals surface area contributed by atoms with Crippen LogP contribution < -0.4 is 5.32 Å². The third-order valence-electron chi connectivity index (χ3n) is 6.04. The number of amides is 2. The van der Waals surface area contributed by atoms with Crippen LogP contribution in [0.1, 0.15) is 30.8 Å². The first-order valence-electron chi connectivity index (χ1n) is 11.8. The molecular formula is C25H30N6O6. The van der Waals surface area contributed by atoms with Crippen LogP contribution in [0, 0.1) is 16.7 Å². The zero-order valence-corrected chi connectivity index (χ0v) is 20.5.